The van der Waals surface area contributed by atoms with Crippen LogP contribution in [0.25, 0.3) is 11.3 Å². The number of aryl methyl sites for hydroxylation is 3. The molecular weight excluding hydrogens is 398 g/mol. The molecule has 1 aliphatic heterocycles. The van der Waals surface area contributed by atoms with E-state index in [1.165, 1.54) is 4.68 Å². The summed E-state index contributed by atoms with van der Waals surface area (Å²) < 4.78 is 13.7. The Morgan fingerprint density at radius 2 is 1.94 bits per heavy atom. The zero-order valence-electron chi connectivity index (χ0n) is 17.3. The van der Waals surface area contributed by atoms with E-state index in [1.54, 1.807) is 23.9 Å². The third-order valence-electron chi connectivity index (χ3n) is 5.66. The molecule has 0 unspecified atom stereocenters. The fourth-order valence-electron chi connectivity index (χ4n) is 4.00. The highest BCUT2D eigenvalue weighted by Gasteiger charge is 2.18. The maximum absolute atomic E-state index is 12.7. The van der Waals surface area contributed by atoms with Crippen molar-refractivity contribution < 1.29 is 14.3 Å². The number of fused-ring (bicyclic) bond motifs is 2. The second kappa shape index (κ2) is 7.90. The second-order valence-corrected chi connectivity index (χ2v) is 7.75. The maximum Gasteiger partial charge on any atom is 0.269 e. The standard InChI is InChI=1S/C22H23N5O4/c1-26-18(12-17(24-26)15-6-7-19-20(10-15)31-13-30-19)22(29)23-8-9-27-21(28)11-14-4-2-3-5-16(14)25-27/h6-7,10-12H,2-5,8-9,13H2,1H3,(H,23,29). The number of carbonyl (C=O) groups excluding carboxylic acids is 1. The van der Waals surface area contributed by atoms with Gasteiger partial charge < -0.3 is 14.8 Å². The van der Waals surface area contributed by atoms with Crippen LogP contribution in [0.15, 0.2) is 35.1 Å². The van der Waals surface area contributed by atoms with Crippen LogP contribution in [0.1, 0.15) is 34.6 Å². The Labute approximate surface area is 178 Å². The molecule has 31 heavy (non-hydrogen) atoms. The van der Waals surface area contributed by atoms with E-state index in [9.17, 15) is 9.59 Å². The molecule has 0 atom stereocenters. The van der Waals surface area contributed by atoms with Crippen LogP contribution in [0.5, 0.6) is 11.5 Å². The lowest BCUT2D eigenvalue weighted by atomic mass is 9.97. The molecule has 1 aromatic carbocycles. The molecule has 3 heterocycles. The van der Waals surface area contributed by atoms with Gasteiger partial charge in [-0.3, -0.25) is 14.3 Å². The second-order valence-electron chi connectivity index (χ2n) is 7.75. The average molecular weight is 421 g/mol. The van der Waals surface area contributed by atoms with Gasteiger partial charge in [-0.2, -0.15) is 10.2 Å². The van der Waals surface area contributed by atoms with Gasteiger partial charge in [-0.1, -0.05) is 0 Å². The van der Waals surface area contributed by atoms with E-state index in [2.05, 4.69) is 15.5 Å². The van der Waals surface area contributed by atoms with E-state index in [-0.39, 0.29) is 18.3 Å². The first kappa shape index (κ1) is 19.3. The van der Waals surface area contributed by atoms with Gasteiger partial charge in [0.05, 0.1) is 17.9 Å². The molecule has 0 bridgehead atoms. The Hall–Kier alpha value is -3.62. The van der Waals surface area contributed by atoms with Crippen LogP contribution in [0.3, 0.4) is 0 Å². The first-order valence-electron chi connectivity index (χ1n) is 10.4. The SMILES string of the molecule is Cn1nc(-c2ccc3c(c2)OCO3)cc1C(=O)NCCn1nc2c(cc1=O)CCCC2. The molecule has 3 aromatic rings. The molecule has 0 radical (unpaired) electrons. The summed E-state index contributed by atoms with van der Waals surface area (Å²) in [7, 11) is 1.72. The van der Waals surface area contributed by atoms with E-state index in [0.717, 1.165) is 42.5 Å². The molecule has 9 nitrogen and oxygen atoms in total. The summed E-state index contributed by atoms with van der Waals surface area (Å²) >= 11 is 0. The zero-order valence-corrected chi connectivity index (χ0v) is 17.3. The van der Waals surface area contributed by atoms with E-state index in [1.807, 2.05) is 18.2 Å². The first-order chi connectivity index (χ1) is 15.1. The number of aromatic nitrogens is 4. The minimum atomic E-state index is -0.256. The average Bonchev–Trinajstić information content (AvgIpc) is 3.39. The fourth-order valence-corrected chi connectivity index (χ4v) is 4.00. The summed E-state index contributed by atoms with van der Waals surface area (Å²) in [5.41, 5.74) is 3.86. The van der Waals surface area contributed by atoms with Crippen molar-refractivity contribution in [2.24, 2.45) is 7.05 Å². The van der Waals surface area contributed by atoms with Gasteiger partial charge in [-0.15, -0.1) is 0 Å². The minimum absolute atomic E-state index is 0.125. The molecular formula is C22H23N5O4. The molecule has 2 aromatic heterocycles. The van der Waals surface area contributed by atoms with Crippen molar-refractivity contribution >= 4 is 5.91 Å². The number of benzene rings is 1. The Balaban J connectivity index is 1.26. The molecule has 9 heteroatoms. The van der Waals surface area contributed by atoms with Crippen LogP contribution in [0.4, 0.5) is 0 Å². The molecule has 0 saturated carbocycles. The number of nitrogens with one attached hydrogen (secondary N) is 1. The normalized spacial score (nSPS) is 14.4. The predicted octanol–water partition coefficient (Wildman–Crippen LogP) is 1.68. The molecule has 1 aliphatic carbocycles. The zero-order chi connectivity index (χ0) is 21.4. The van der Waals surface area contributed by atoms with Gasteiger partial charge in [0.1, 0.15) is 5.69 Å². The predicted molar refractivity (Wildman–Crippen MR) is 112 cm³/mol. The monoisotopic (exact) mass is 421 g/mol. The molecule has 160 valence electrons. The largest absolute Gasteiger partial charge is 0.454 e. The van der Waals surface area contributed by atoms with Gasteiger partial charge in [0, 0.05) is 25.2 Å². The molecule has 0 fully saturated rings. The summed E-state index contributed by atoms with van der Waals surface area (Å²) in [5.74, 6) is 1.11. The van der Waals surface area contributed by atoms with Crippen LogP contribution in [-0.2, 0) is 26.4 Å². The Bertz CT molecular complexity index is 1210. The number of hydrogen-bond acceptors (Lipinski definition) is 6. The summed E-state index contributed by atoms with van der Waals surface area (Å²) in [6.45, 7) is 0.830. The molecule has 0 saturated heterocycles. The third-order valence-corrected chi connectivity index (χ3v) is 5.66. The van der Waals surface area contributed by atoms with E-state index < -0.39 is 0 Å². The smallest absolute Gasteiger partial charge is 0.269 e. The summed E-state index contributed by atoms with van der Waals surface area (Å²) in [6.07, 6.45) is 4.02. The maximum atomic E-state index is 12.7. The Morgan fingerprint density at radius 3 is 2.84 bits per heavy atom. The van der Waals surface area contributed by atoms with Crippen molar-refractivity contribution in [2.75, 3.05) is 13.3 Å². The lowest BCUT2D eigenvalue weighted by molar-refractivity contribution is 0.0942. The van der Waals surface area contributed by atoms with Crippen molar-refractivity contribution in [2.45, 2.75) is 32.2 Å². The highest BCUT2D eigenvalue weighted by Crippen LogP contribution is 2.35. The number of nitrogens with zero attached hydrogens (tertiary/aromatic N) is 4. The van der Waals surface area contributed by atoms with Gasteiger partial charge in [-0.25, -0.2) is 4.68 Å². The molecule has 0 spiro atoms. The van der Waals surface area contributed by atoms with Crippen LogP contribution in [0.2, 0.25) is 0 Å². The van der Waals surface area contributed by atoms with Gasteiger partial charge >= 0.3 is 0 Å². The number of ether oxygens (including phenoxy) is 2. The Morgan fingerprint density at radius 1 is 1.10 bits per heavy atom. The van der Waals surface area contributed by atoms with Gasteiger partial charge in [0.25, 0.3) is 11.5 Å². The number of carbonyl (C=O) groups is 1. The number of rotatable bonds is 5. The van der Waals surface area contributed by atoms with E-state index >= 15 is 0 Å². The van der Waals surface area contributed by atoms with Gasteiger partial charge in [-0.05, 0) is 55.5 Å². The Kier molecular flexibility index (Phi) is 4.93. The molecule has 5 rings (SSSR count). The lowest BCUT2D eigenvalue weighted by Gasteiger charge is -2.16. The molecule has 1 N–H and O–H groups in total. The summed E-state index contributed by atoms with van der Waals surface area (Å²) in [5, 5.41) is 11.8. The van der Waals surface area contributed by atoms with Gasteiger partial charge in [0.2, 0.25) is 6.79 Å². The highest BCUT2D eigenvalue weighted by atomic mass is 16.7. The minimum Gasteiger partial charge on any atom is -0.454 e. The molecule has 2 aliphatic rings. The van der Waals surface area contributed by atoms with E-state index in [4.69, 9.17) is 9.47 Å². The van der Waals surface area contributed by atoms with Crippen molar-refractivity contribution in [3.05, 3.63) is 57.6 Å². The number of amides is 1. The van der Waals surface area contributed by atoms with Crippen molar-refractivity contribution in [1.82, 2.24) is 24.9 Å². The van der Waals surface area contributed by atoms with Crippen LogP contribution in [0, 0.1) is 0 Å². The topological polar surface area (TPSA) is 100 Å². The van der Waals surface area contributed by atoms with E-state index in [0.29, 0.717) is 36.0 Å². The lowest BCUT2D eigenvalue weighted by Crippen LogP contribution is -2.33. The third kappa shape index (κ3) is 3.78. The summed E-state index contributed by atoms with van der Waals surface area (Å²) in [6, 6.07) is 8.97. The van der Waals surface area contributed by atoms with Crippen molar-refractivity contribution in [3.8, 4) is 22.8 Å². The van der Waals surface area contributed by atoms with Crippen LogP contribution in [-0.4, -0.2) is 38.8 Å². The number of hydrogen-bond donors (Lipinski definition) is 1. The fraction of sp³-hybridized carbons (Fsp3) is 0.364. The first-order valence-corrected chi connectivity index (χ1v) is 10.4. The van der Waals surface area contributed by atoms with Crippen molar-refractivity contribution in [3.63, 3.8) is 0 Å². The van der Waals surface area contributed by atoms with Crippen LogP contribution >= 0.6 is 0 Å². The highest BCUT2D eigenvalue weighted by molar-refractivity contribution is 5.93. The van der Waals surface area contributed by atoms with Crippen LogP contribution < -0.4 is 20.3 Å². The quantitative estimate of drug-likeness (QED) is 0.673. The van der Waals surface area contributed by atoms with Gasteiger partial charge in [0.15, 0.2) is 11.5 Å². The molecule has 1 amide bonds. The summed E-state index contributed by atoms with van der Waals surface area (Å²) in [4.78, 5) is 25.0. The van der Waals surface area contributed by atoms with Crippen molar-refractivity contribution in [1.29, 1.82) is 0 Å².